The maximum absolute atomic E-state index is 13.9. The second-order valence-electron chi connectivity index (χ2n) is 8.26. The average molecular weight is 477 g/mol. The molecule has 2 amide bonds. The van der Waals surface area contributed by atoms with Crippen LogP contribution in [0.25, 0.3) is 0 Å². The third-order valence-electron chi connectivity index (χ3n) is 6.32. The number of esters is 1. The van der Waals surface area contributed by atoms with E-state index in [2.05, 4.69) is 0 Å². The van der Waals surface area contributed by atoms with Gasteiger partial charge in [0, 0.05) is 4.88 Å². The molecule has 3 aromatic rings. The molecular formula is C26H24N2O5S. The van der Waals surface area contributed by atoms with Crippen molar-refractivity contribution in [3.05, 3.63) is 82.2 Å². The van der Waals surface area contributed by atoms with Crippen LogP contribution in [0.4, 0.5) is 10.7 Å². The summed E-state index contributed by atoms with van der Waals surface area (Å²) in [6.45, 7) is 5.58. The SMILES string of the molecule is CCOC(=O)c1c(N2C(=O)[C@@H]3[C@@H](c4ccccc4)N(c4ccccc4)O[C@H]3C2=O)sc(C)c1C. The van der Waals surface area contributed by atoms with Crippen LogP contribution in [-0.4, -0.2) is 30.5 Å². The van der Waals surface area contributed by atoms with Crippen molar-refractivity contribution in [2.45, 2.75) is 32.9 Å². The quantitative estimate of drug-likeness (QED) is 0.396. The second kappa shape index (κ2) is 8.70. The molecule has 0 aliphatic carbocycles. The minimum atomic E-state index is -0.990. The molecule has 2 aromatic carbocycles. The lowest BCUT2D eigenvalue weighted by atomic mass is 9.90. The number of carbonyl (C=O) groups excluding carboxylic acids is 3. The molecule has 3 atom stereocenters. The highest BCUT2D eigenvalue weighted by Crippen LogP contribution is 2.49. The molecule has 1 aromatic heterocycles. The number of amides is 2. The molecule has 8 heteroatoms. The Labute approximate surface area is 201 Å². The summed E-state index contributed by atoms with van der Waals surface area (Å²) in [6.07, 6.45) is -0.990. The summed E-state index contributed by atoms with van der Waals surface area (Å²) >= 11 is 1.25. The second-order valence-corrected chi connectivity index (χ2v) is 9.47. The third kappa shape index (κ3) is 3.41. The molecule has 0 unspecified atom stereocenters. The maximum Gasteiger partial charge on any atom is 0.341 e. The van der Waals surface area contributed by atoms with Crippen LogP contribution in [-0.2, 0) is 19.2 Å². The van der Waals surface area contributed by atoms with Crippen LogP contribution < -0.4 is 9.96 Å². The molecule has 5 rings (SSSR count). The van der Waals surface area contributed by atoms with Crippen molar-refractivity contribution in [3.8, 4) is 0 Å². The normalized spacial score (nSPS) is 21.8. The minimum absolute atomic E-state index is 0.199. The Balaban J connectivity index is 1.59. The molecule has 0 N–H and O–H groups in total. The molecule has 3 heterocycles. The third-order valence-corrected chi connectivity index (χ3v) is 7.51. The Morgan fingerprint density at radius 1 is 1.00 bits per heavy atom. The van der Waals surface area contributed by atoms with Gasteiger partial charge in [0.15, 0.2) is 6.10 Å². The minimum Gasteiger partial charge on any atom is -0.462 e. The summed E-state index contributed by atoms with van der Waals surface area (Å²) < 4.78 is 5.23. The highest BCUT2D eigenvalue weighted by Gasteiger charge is 2.61. The zero-order valence-corrected chi connectivity index (χ0v) is 19.9. The summed E-state index contributed by atoms with van der Waals surface area (Å²) in [5, 5.41) is 1.97. The van der Waals surface area contributed by atoms with Gasteiger partial charge in [-0.2, -0.15) is 0 Å². The van der Waals surface area contributed by atoms with Crippen molar-refractivity contribution in [1.82, 2.24) is 0 Å². The monoisotopic (exact) mass is 476 g/mol. The average Bonchev–Trinajstić information content (AvgIpc) is 3.45. The van der Waals surface area contributed by atoms with Crippen molar-refractivity contribution < 1.29 is 24.0 Å². The highest BCUT2D eigenvalue weighted by atomic mass is 32.1. The Kier molecular flexibility index (Phi) is 5.71. The van der Waals surface area contributed by atoms with E-state index in [4.69, 9.17) is 9.57 Å². The van der Waals surface area contributed by atoms with Crippen LogP contribution in [0.3, 0.4) is 0 Å². The van der Waals surface area contributed by atoms with Gasteiger partial charge in [-0.3, -0.25) is 14.4 Å². The van der Waals surface area contributed by atoms with Crippen LogP contribution in [0, 0.1) is 19.8 Å². The Morgan fingerprint density at radius 3 is 2.29 bits per heavy atom. The number of thiophene rings is 1. The zero-order chi connectivity index (χ0) is 24.0. The van der Waals surface area contributed by atoms with E-state index in [1.54, 1.807) is 18.9 Å². The molecule has 0 radical (unpaired) electrons. The Morgan fingerprint density at radius 2 is 1.65 bits per heavy atom. The smallest absolute Gasteiger partial charge is 0.341 e. The lowest BCUT2D eigenvalue weighted by molar-refractivity contribution is -0.126. The van der Waals surface area contributed by atoms with Gasteiger partial charge in [0.25, 0.3) is 5.91 Å². The van der Waals surface area contributed by atoms with Crippen molar-refractivity contribution in [1.29, 1.82) is 0 Å². The van der Waals surface area contributed by atoms with Crippen molar-refractivity contribution in [2.75, 3.05) is 16.6 Å². The molecular weight excluding hydrogens is 452 g/mol. The summed E-state index contributed by atoms with van der Waals surface area (Å²) in [4.78, 5) is 48.4. The first-order valence-corrected chi connectivity index (χ1v) is 12.0. The van der Waals surface area contributed by atoms with Crippen LogP contribution >= 0.6 is 11.3 Å². The molecule has 2 fully saturated rings. The van der Waals surface area contributed by atoms with Crippen LogP contribution in [0.1, 0.15) is 39.3 Å². The number of anilines is 2. The molecule has 2 aliphatic rings. The molecule has 34 heavy (non-hydrogen) atoms. The van der Waals surface area contributed by atoms with Gasteiger partial charge >= 0.3 is 5.97 Å². The van der Waals surface area contributed by atoms with E-state index >= 15 is 0 Å². The maximum atomic E-state index is 13.9. The molecule has 174 valence electrons. The number of nitrogens with zero attached hydrogens (tertiary/aromatic N) is 2. The molecule has 0 bridgehead atoms. The summed E-state index contributed by atoms with van der Waals surface area (Å²) in [5.41, 5.74) is 2.60. The number of aryl methyl sites for hydroxylation is 1. The number of hydroxylamine groups is 1. The summed E-state index contributed by atoms with van der Waals surface area (Å²) in [7, 11) is 0. The van der Waals surface area contributed by atoms with E-state index in [-0.39, 0.29) is 18.1 Å². The zero-order valence-electron chi connectivity index (χ0n) is 19.1. The molecule has 2 aliphatic heterocycles. The van der Waals surface area contributed by atoms with Gasteiger partial charge in [0.1, 0.15) is 10.9 Å². The number of fused-ring (bicyclic) bond motifs is 1. The van der Waals surface area contributed by atoms with Gasteiger partial charge in [-0.05, 0) is 44.0 Å². The van der Waals surface area contributed by atoms with Gasteiger partial charge in [-0.1, -0.05) is 48.5 Å². The molecule has 7 nitrogen and oxygen atoms in total. The largest absolute Gasteiger partial charge is 0.462 e. The number of imide groups is 1. The number of para-hydroxylation sites is 1. The van der Waals surface area contributed by atoms with E-state index in [0.29, 0.717) is 10.6 Å². The number of rotatable bonds is 5. The first-order chi connectivity index (χ1) is 16.4. The fourth-order valence-electron chi connectivity index (χ4n) is 4.61. The van der Waals surface area contributed by atoms with E-state index < -0.39 is 29.9 Å². The Bertz CT molecular complexity index is 1260. The van der Waals surface area contributed by atoms with Crippen molar-refractivity contribution in [3.63, 3.8) is 0 Å². The molecule has 0 saturated carbocycles. The van der Waals surface area contributed by atoms with Crippen molar-refractivity contribution >= 4 is 39.8 Å². The summed E-state index contributed by atoms with van der Waals surface area (Å²) in [6, 6.07) is 18.5. The topological polar surface area (TPSA) is 76.2 Å². The van der Waals surface area contributed by atoms with Crippen LogP contribution in [0.2, 0.25) is 0 Å². The Hall–Kier alpha value is -3.49. The van der Waals surface area contributed by atoms with E-state index in [1.807, 2.05) is 67.6 Å². The molecule has 2 saturated heterocycles. The first-order valence-electron chi connectivity index (χ1n) is 11.1. The molecule has 0 spiro atoms. The predicted octanol–water partition coefficient (Wildman–Crippen LogP) is 4.59. The number of ether oxygens (including phenoxy) is 1. The fourth-order valence-corrected chi connectivity index (χ4v) is 5.77. The van der Waals surface area contributed by atoms with Crippen LogP contribution in [0.15, 0.2) is 60.7 Å². The van der Waals surface area contributed by atoms with E-state index in [0.717, 1.165) is 21.0 Å². The standard InChI is InChI=1S/C26H24N2O5S/c1-4-32-26(31)19-15(2)16(3)34-25(19)27-23(29)20-21(17-11-7-5-8-12-17)28(33-22(20)24(27)30)18-13-9-6-10-14-18/h5-14,20-22H,4H2,1-3H3/t20-,21-,22-/m1/s1. The highest BCUT2D eigenvalue weighted by molar-refractivity contribution is 7.17. The van der Waals surface area contributed by atoms with Gasteiger partial charge in [0.2, 0.25) is 5.91 Å². The number of hydrogen-bond acceptors (Lipinski definition) is 7. The van der Waals surface area contributed by atoms with Gasteiger partial charge in [0.05, 0.1) is 23.9 Å². The van der Waals surface area contributed by atoms with Crippen molar-refractivity contribution in [2.24, 2.45) is 5.92 Å². The number of carbonyl (C=O) groups is 3. The number of benzene rings is 2. The van der Waals surface area contributed by atoms with Gasteiger partial charge < -0.3 is 4.74 Å². The van der Waals surface area contributed by atoms with E-state index in [9.17, 15) is 14.4 Å². The van der Waals surface area contributed by atoms with Gasteiger partial charge in [-0.15, -0.1) is 11.3 Å². The van der Waals surface area contributed by atoms with E-state index in [1.165, 1.54) is 11.3 Å². The predicted molar refractivity (Wildman–Crippen MR) is 129 cm³/mol. The number of hydrogen-bond donors (Lipinski definition) is 0. The summed E-state index contributed by atoms with van der Waals surface area (Å²) in [5.74, 6) is -2.15. The van der Waals surface area contributed by atoms with Crippen LogP contribution in [0.5, 0.6) is 0 Å². The van der Waals surface area contributed by atoms with Gasteiger partial charge in [-0.25, -0.2) is 14.8 Å². The lowest BCUT2D eigenvalue weighted by Gasteiger charge is -2.28. The first kappa shape index (κ1) is 22.3. The lowest BCUT2D eigenvalue weighted by Crippen LogP contribution is -2.37. The fraction of sp³-hybridized carbons (Fsp3) is 0.269.